The van der Waals surface area contributed by atoms with Crippen LogP contribution in [-0.2, 0) is 13.1 Å². The van der Waals surface area contributed by atoms with Gasteiger partial charge in [-0.1, -0.05) is 0 Å². The van der Waals surface area contributed by atoms with Crippen LogP contribution in [0.4, 0.5) is 0 Å². The summed E-state index contributed by atoms with van der Waals surface area (Å²) in [7, 11) is 0. The number of fused-ring (bicyclic) bond motifs is 1. The summed E-state index contributed by atoms with van der Waals surface area (Å²) >= 11 is 1.66. The van der Waals surface area contributed by atoms with Crippen molar-refractivity contribution in [3.63, 3.8) is 0 Å². The summed E-state index contributed by atoms with van der Waals surface area (Å²) in [5.41, 5.74) is 3.41. The molecule has 5 nitrogen and oxygen atoms in total. The highest BCUT2D eigenvalue weighted by Gasteiger charge is 2.08. The molecule has 0 saturated heterocycles. The molecule has 3 aromatic heterocycles. The third-order valence-electron chi connectivity index (χ3n) is 2.72. The number of H-pyrrole nitrogens is 1. The van der Waals surface area contributed by atoms with Crippen LogP contribution in [0.1, 0.15) is 17.1 Å². The lowest BCUT2D eigenvalue weighted by Gasteiger charge is -2.03. The molecule has 3 rings (SSSR count). The topological polar surface area (TPSA) is 58.0 Å². The molecule has 0 aliphatic rings. The fourth-order valence-corrected chi connectivity index (χ4v) is 2.63. The quantitative estimate of drug-likeness (QED) is 0.738. The van der Waals surface area contributed by atoms with Crippen LogP contribution in [0.5, 0.6) is 0 Å². The van der Waals surface area contributed by atoms with Gasteiger partial charge in [-0.15, -0.1) is 11.3 Å². The van der Waals surface area contributed by atoms with Gasteiger partial charge in [-0.05, 0) is 6.92 Å². The monoisotopic (exact) mass is 247 g/mol. The Balaban J connectivity index is 1.72. The van der Waals surface area contributed by atoms with Crippen LogP contribution >= 0.6 is 11.3 Å². The molecule has 0 saturated carbocycles. The van der Waals surface area contributed by atoms with Crippen molar-refractivity contribution in [1.29, 1.82) is 0 Å². The SMILES string of the molecule is Cc1nc2sccn2c1CNCc1cnc[nH]1. The second-order valence-corrected chi connectivity index (χ2v) is 4.75. The first-order valence-corrected chi connectivity index (χ1v) is 6.31. The predicted molar refractivity (Wildman–Crippen MR) is 66.9 cm³/mol. The highest BCUT2D eigenvalue weighted by Crippen LogP contribution is 2.16. The minimum absolute atomic E-state index is 0.789. The Hall–Kier alpha value is -1.66. The van der Waals surface area contributed by atoms with Crippen molar-refractivity contribution >= 4 is 16.3 Å². The van der Waals surface area contributed by atoms with Crippen molar-refractivity contribution in [2.24, 2.45) is 0 Å². The molecule has 2 N–H and O–H groups in total. The summed E-state index contributed by atoms with van der Waals surface area (Å²) in [6.45, 7) is 3.65. The third-order valence-corrected chi connectivity index (χ3v) is 3.48. The van der Waals surface area contributed by atoms with Gasteiger partial charge in [-0.2, -0.15) is 0 Å². The van der Waals surface area contributed by atoms with E-state index in [0.29, 0.717) is 0 Å². The molecule has 6 heteroatoms. The molecule has 0 unspecified atom stereocenters. The standard InChI is InChI=1S/C11H13N5S/c1-8-10(16-2-3-17-11(16)15-8)6-12-4-9-5-13-7-14-9/h2-3,5,7,12H,4,6H2,1H3,(H,13,14). The molecule has 88 valence electrons. The lowest BCUT2D eigenvalue weighted by Crippen LogP contribution is -2.14. The number of nitrogens with one attached hydrogen (secondary N) is 2. The first kappa shape index (κ1) is 10.5. The van der Waals surface area contributed by atoms with Crippen molar-refractivity contribution in [2.75, 3.05) is 0 Å². The summed E-state index contributed by atoms with van der Waals surface area (Å²) in [6, 6.07) is 0. The smallest absolute Gasteiger partial charge is 0.194 e. The first-order chi connectivity index (χ1) is 8.34. The summed E-state index contributed by atoms with van der Waals surface area (Å²) in [5.74, 6) is 0. The predicted octanol–water partition coefficient (Wildman–Crippen LogP) is 1.72. The Labute approximate surface area is 103 Å². The van der Waals surface area contributed by atoms with Crippen LogP contribution in [-0.4, -0.2) is 19.4 Å². The number of aromatic nitrogens is 4. The molecule has 0 bridgehead atoms. The number of hydrogen-bond acceptors (Lipinski definition) is 4. The van der Waals surface area contributed by atoms with E-state index in [1.54, 1.807) is 17.7 Å². The Morgan fingerprint density at radius 3 is 3.24 bits per heavy atom. The molecule has 0 fully saturated rings. The molecular weight excluding hydrogens is 234 g/mol. The molecule has 0 spiro atoms. The van der Waals surface area contributed by atoms with Crippen molar-refractivity contribution in [3.05, 3.63) is 41.2 Å². The van der Waals surface area contributed by atoms with Gasteiger partial charge < -0.3 is 10.3 Å². The Morgan fingerprint density at radius 2 is 2.41 bits per heavy atom. The molecule has 0 atom stereocenters. The fraction of sp³-hybridized carbons (Fsp3) is 0.273. The minimum Gasteiger partial charge on any atom is -0.347 e. The van der Waals surface area contributed by atoms with Crippen LogP contribution in [0, 0.1) is 6.92 Å². The second kappa shape index (κ2) is 4.31. The largest absolute Gasteiger partial charge is 0.347 e. The second-order valence-electron chi connectivity index (χ2n) is 3.88. The maximum Gasteiger partial charge on any atom is 0.194 e. The fourth-order valence-electron chi connectivity index (χ4n) is 1.85. The maximum absolute atomic E-state index is 4.51. The zero-order valence-corrected chi connectivity index (χ0v) is 10.3. The van der Waals surface area contributed by atoms with E-state index in [0.717, 1.165) is 29.4 Å². The van der Waals surface area contributed by atoms with E-state index in [4.69, 9.17) is 0 Å². The number of rotatable bonds is 4. The average Bonchev–Trinajstić information content (AvgIpc) is 2.98. The van der Waals surface area contributed by atoms with Gasteiger partial charge in [0.2, 0.25) is 0 Å². The van der Waals surface area contributed by atoms with Gasteiger partial charge in [0.05, 0.1) is 17.7 Å². The molecule has 17 heavy (non-hydrogen) atoms. The molecule has 0 aromatic carbocycles. The Kier molecular flexibility index (Phi) is 2.66. The normalized spacial score (nSPS) is 11.4. The lowest BCUT2D eigenvalue weighted by atomic mass is 10.3. The van der Waals surface area contributed by atoms with Crippen molar-refractivity contribution in [1.82, 2.24) is 24.7 Å². The highest BCUT2D eigenvalue weighted by molar-refractivity contribution is 7.15. The van der Waals surface area contributed by atoms with Crippen LogP contribution in [0.25, 0.3) is 4.96 Å². The van der Waals surface area contributed by atoms with E-state index in [1.807, 2.05) is 13.1 Å². The van der Waals surface area contributed by atoms with Crippen LogP contribution in [0.15, 0.2) is 24.1 Å². The van der Waals surface area contributed by atoms with Crippen LogP contribution in [0.2, 0.25) is 0 Å². The minimum atomic E-state index is 0.789. The van der Waals surface area contributed by atoms with Gasteiger partial charge in [-0.3, -0.25) is 4.40 Å². The molecule has 0 amide bonds. The zero-order chi connectivity index (χ0) is 11.7. The third kappa shape index (κ3) is 1.96. The van der Waals surface area contributed by atoms with E-state index >= 15 is 0 Å². The van der Waals surface area contributed by atoms with Gasteiger partial charge in [-0.25, -0.2) is 9.97 Å². The molecule has 0 aliphatic carbocycles. The number of aryl methyl sites for hydroxylation is 1. The molecule has 0 radical (unpaired) electrons. The number of aromatic amines is 1. The van der Waals surface area contributed by atoms with E-state index < -0.39 is 0 Å². The number of thiazole rings is 1. The van der Waals surface area contributed by atoms with Gasteiger partial charge in [0, 0.05) is 36.6 Å². The summed E-state index contributed by atoms with van der Waals surface area (Å²) in [5, 5.41) is 5.44. The molecule has 3 aromatic rings. The van der Waals surface area contributed by atoms with Gasteiger partial charge >= 0.3 is 0 Å². The van der Waals surface area contributed by atoms with Gasteiger partial charge in [0.1, 0.15) is 0 Å². The molecule has 3 heterocycles. The summed E-state index contributed by atoms with van der Waals surface area (Å²) in [4.78, 5) is 12.6. The Morgan fingerprint density at radius 1 is 1.47 bits per heavy atom. The van der Waals surface area contributed by atoms with E-state index in [2.05, 4.69) is 36.2 Å². The zero-order valence-electron chi connectivity index (χ0n) is 9.47. The number of hydrogen-bond donors (Lipinski definition) is 2. The van der Waals surface area contributed by atoms with Crippen molar-refractivity contribution < 1.29 is 0 Å². The van der Waals surface area contributed by atoms with Crippen LogP contribution in [0.3, 0.4) is 0 Å². The number of nitrogens with zero attached hydrogens (tertiary/aromatic N) is 3. The van der Waals surface area contributed by atoms with Gasteiger partial charge in [0.15, 0.2) is 4.96 Å². The van der Waals surface area contributed by atoms with Crippen molar-refractivity contribution in [2.45, 2.75) is 20.0 Å². The Bertz CT molecular complexity index is 607. The molecular formula is C11H13N5S. The van der Waals surface area contributed by atoms with Crippen LogP contribution < -0.4 is 5.32 Å². The summed E-state index contributed by atoms with van der Waals surface area (Å²) in [6.07, 6.45) is 5.59. The lowest BCUT2D eigenvalue weighted by molar-refractivity contribution is 0.663. The first-order valence-electron chi connectivity index (χ1n) is 5.43. The van der Waals surface area contributed by atoms with E-state index in [-0.39, 0.29) is 0 Å². The average molecular weight is 247 g/mol. The maximum atomic E-state index is 4.51. The van der Waals surface area contributed by atoms with Crippen molar-refractivity contribution in [3.8, 4) is 0 Å². The number of imidazole rings is 2. The summed E-state index contributed by atoms with van der Waals surface area (Å²) < 4.78 is 2.14. The highest BCUT2D eigenvalue weighted by atomic mass is 32.1. The molecule has 0 aliphatic heterocycles. The van der Waals surface area contributed by atoms with Gasteiger partial charge in [0.25, 0.3) is 0 Å². The van der Waals surface area contributed by atoms with E-state index in [9.17, 15) is 0 Å². The van der Waals surface area contributed by atoms with E-state index in [1.165, 1.54) is 5.69 Å².